The Balaban J connectivity index is 2.08. The highest BCUT2D eigenvalue weighted by Crippen LogP contribution is 2.27. The van der Waals surface area contributed by atoms with E-state index < -0.39 is 0 Å². The molecule has 0 bridgehead atoms. The maximum Gasteiger partial charge on any atom is 0.187 e. The molecule has 1 aromatic heterocycles. The average Bonchev–Trinajstić information content (AvgIpc) is 2.86. The van der Waals surface area contributed by atoms with Crippen LogP contribution in [0, 0.1) is 0 Å². The molecule has 0 radical (unpaired) electrons. The second-order valence-corrected chi connectivity index (χ2v) is 4.53. The molecule has 1 aliphatic heterocycles. The molecule has 1 aromatic rings. The van der Waals surface area contributed by atoms with Gasteiger partial charge in [0.15, 0.2) is 5.13 Å². The van der Waals surface area contributed by atoms with Crippen LogP contribution in [0.2, 0.25) is 0 Å². The largest absolute Gasteiger partial charge is 0.356 e. The lowest BCUT2D eigenvalue weighted by atomic mass is 10.4. The zero-order chi connectivity index (χ0) is 9.97. The van der Waals surface area contributed by atoms with Gasteiger partial charge in [0.2, 0.25) is 0 Å². The summed E-state index contributed by atoms with van der Waals surface area (Å²) >= 11 is 1.74. The molecule has 0 unspecified atom stereocenters. The number of anilines is 2. The maximum atomic E-state index is 4.63. The van der Waals surface area contributed by atoms with E-state index in [0.29, 0.717) is 0 Å². The number of nitrogens with zero attached hydrogens (tertiary/aromatic N) is 3. The Morgan fingerprint density at radius 3 is 2.86 bits per heavy atom. The predicted octanol–water partition coefficient (Wildman–Crippen LogP) is 2.20. The lowest BCUT2D eigenvalue weighted by molar-refractivity contribution is 0.921. The third-order valence-corrected chi connectivity index (χ3v) is 3.65. The second kappa shape index (κ2) is 4.17. The van der Waals surface area contributed by atoms with Crippen molar-refractivity contribution in [2.45, 2.75) is 19.8 Å². The quantitative estimate of drug-likeness (QED) is 0.764. The molecule has 3 nitrogen and oxygen atoms in total. The van der Waals surface area contributed by atoms with Crippen LogP contribution in [0.1, 0.15) is 19.8 Å². The standard InChI is InChI=1S/C10H17N3S/c1-3-12(2)10-11-9(8-14-10)13-6-4-5-7-13/h8H,3-7H2,1-2H3. The van der Waals surface area contributed by atoms with Crippen LogP contribution < -0.4 is 9.80 Å². The third kappa shape index (κ3) is 1.85. The molecule has 1 aliphatic rings. The lowest BCUT2D eigenvalue weighted by Gasteiger charge is -2.14. The normalized spacial score (nSPS) is 16.3. The van der Waals surface area contributed by atoms with E-state index in [9.17, 15) is 0 Å². The molecule has 14 heavy (non-hydrogen) atoms. The Hall–Kier alpha value is -0.770. The first kappa shape index (κ1) is 9.77. The van der Waals surface area contributed by atoms with E-state index in [1.165, 1.54) is 31.7 Å². The van der Waals surface area contributed by atoms with Crippen molar-refractivity contribution >= 4 is 22.3 Å². The van der Waals surface area contributed by atoms with Gasteiger partial charge in [0, 0.05) is 32.1 Å². The van der Waals surface area contributed by atoms with Crippen molar-refractivity contribution in [1.29, 1.82) is 0 Å². The molecule has 1 fully saturated rings. The Kier molecular flexibility index (Phi) is 2.91. The fraction of sp³-hybridized carbons (Fsp3) is 0.700. The van der Waals surface area contributed by atoms with E-state index in [1.54, 1.807) is 11.3 Å². The summed E-state index contributed by atoms with van der Waals surface area (Å²) in [5.41, 5.74) is 0. The fourth-order valence-corrected chi connectivity index (χ4v) is 2.53. The SMILES string of the molecule is CCN(C)c1nc(N2CCCC2)cs1. The van der Waals surface area contributed by atoms with Gasteiger partial charge in [-0.15, -0.1) is 11.3 Å². The van der Waals surface area contributed by atoms with Crippen molar-refractivity contribution in [2.24, 2.45) is 0 Å². The highest BCUT2D eigenvalue weighted by Gasteiger charge is 2.15. The summed E-state index contributed by atoms with van der Waals surface area (Å²) in [6.45, 7) is 5.53. The van der Waals surface area contributed by atoms with Gasteiger partial charge in [-0.25, -0.2) is 4.98 Å². The molecule has 78 valence electrons. The molecule has 2 heterocycles. The number of rotatable bonds is 3. The highest BCUT2D eigenvalue weighted by molar-refractivity contribution is 7.14. The zero-order valence-electron chi connectivity index (χ0n) is 8.86. The van der Waals surface area contributed by atoms with Gasteiger partial charge >= 0.3 is 0 Å². The number of hydrogen-bond acceptors (Lipinski definition) is 4. The lowest BCUT2D eigenvalue weighted by Crippen LogP contribution is -2.19. The fourth-order valence-electron chi connectivity index (χ4n) is 1.66. The van der Waals surface area contributed by atoms with Gasteiger partial charge in [0.1, 0.15) is 5.82 Å². The molecular formula is C10H17N3S. The number of hydrogen-bond donors (Lipinski definition) is 0. The van der Waals surface area contributed by atoms with Crippen LogP contribution >= 0.6 is 11.3 Å². The van der Waals surface area contributed by atoms with Gasteiger partial charge in [-0.2, -0.15) is 0 Å². The van der Waals surface area contributed by atoms with Crippen LogP contribution in [0.15, 0.2) is 5.38 Å². The minimum Gasteiger partial charge on any atom is -0.356 e. The molecule has 0 spiro atoms. The topological polar surface area (TPSA) is 19.4 Å². The highest BCUT2D eigenvalue weighted by atomic mass is 32.1. The summed E-state index contributed by atoms with van der Waals surface area (Å²) in [6.07, 6.45) is 2.63. The number of aromatic nitrogens is 1. The van der Waals surface area contributed by atoms with Gasteiger partial charge in [0.25, 0.3) is 0 Å². The van der Waals surface area contributed by atoms with Crippen LogP contribution in [0.25, 0.3) is 0 Å². The van der Waals surface area contributed by atoms with Crippen molar-refractivity contribution < 1.29 is 0 Å². The Labute approximate surface area is 89.4 Å². The van der Waals surface area contributed by atoms with Crippen molar-refractivity contribution in [3.8, 4) is 0 Å². The van der Waals surface area contributed by atoms with Gasteiger partial charge in [0.05, 0.1) is 0 Å². The summed E-state index contributed by atoms with van der Waals surface area (Å²) in [5, 5.41) is 3.31. The van der Waals surface area contributed by atoms with Crippen molar-refractivity contribution in [3.63, 3.8) is 0 Å². The van der Waals surface area contributed by atoms with Crippen LogP contribution in [-0.4, -0.2) is 31.7 Å². The van der Waals surface area contributed by atoms with Crippen LogP contribution in [0.4, 0.5) is 10.9 Å². The first-order valence-corrected chi connectivity index (χ1v) is 6.11. The molecule has 0 saturated carbocycles. The Morgan fingerprint density at radius 1 is 1.50 bits per heavy atom. The summed E-state index contributed by atoms with van der Waals surface area (Å²) in [5.74, 6) is 1.17. The Bertz CT molecular complexity index is 291. The summed E-state index contributed by atoms with van der Waals surface area (Å²) in [6, 6.07) is 0. The van der Waals surface area contributed by atoms with Gasteiger partial charge in [-0.05, 0) is 19.8 Å². The van der Waals surface area contributed by atoms with E-state index in [0.717, 1.165) is 11.7 Å². The van der Waals surface area contributed by atoms with Crippen molar-refractivity contribution in [2.75, 3.05) is 36.5 Å². The molecule has 0 aliphatic carbocycles. The van der Waals surface area contributed by atoms with Crippen molar-refractivity contribution in [1.82, 2.24) is 4.98 Å². The number of thiazole rings is 1. The van der Waals surface area contributed by atoms with E-state index in [2.05, 4.69) is 34.1 Å². The van der Waals surface area contributed by atoms with Gasteiger partial charge in [-0.3, -0.25) is 0 Å². The molecule has 0 N–H and O–H groups in total. The second-order valence-electron chi connectivity index (χ2n) is 3.70. The smallest absolute Gasteiger partial charge is 0.187 e. The molecular weight excluding hydrogens is 194 g/mol. The Morgan fingerprint density at radius 2 is 2.21 bits per heavy atom. The van der Waals surface area contributed by atoms with E-state index in [4.69, 9.17) is 0 Å². The molecule has 1 saturated heterocycles. The van der Waals surface area contributed by atoms with E-state index >= 15 is 0 Å². The molecule has 0 atom stereocenters. The van der Waals surface area contributed by atoms with Gasteiger partial charge in [-0.1, -0.05) is 0 Å². The average molecular weight is 211 g/mol. The molecule has 0 amide bonds. The maximum absolute atomic E-state index is 4.63. The first-order valence-electron chi connectivity index (χ1n) is 5.23. The summed E-state index contributed by atoms with van der Waals surface area (Å²) in [4.78, 5) is 9.20. The first-order chi connectivity index (χ1) is 6.81. The molecule has 4 heteroatoms. The monoisotopic (exact) mass is 211 g/mol. The summed E-state index contributed by atoms with van der Waals surface area (Å²) < 4.78 is 0. The molecule has 0 aromatic carbocycles. The molecule has 2 rings (SSSR count). The minimum absolute atomic E-state index is 1.02. The van der Waals surface area contributed by atoms with Crippen molar-refractivity contribution in [3.05, 3.63) is 5.38 Å². The minimum atomic E-state index is 1.02. The van der Waals surface area contributed by atoms with Crippen LogP contribution in [0.5, 0.6) is 0 Å². The summed E-state index contributed by atoms with van der Waals surface area (Å²) in [7, 11) is 2.09. The van der Waals surface area contributed by atoms with E-state index in [1.807, 2.05) is 0 Å². The van der Waals surface area contributed by atoms with Crippen LogP contribution in [0.3, 0.4) is 0 Å². The zero-order valence-corrected chi connectivity index (χ0v) is 9.68. The third-order valence-electron chi connectivity index (χ3n) is 2.71. The predicted molar refractivity (Wildman–Crippen MR) is 62.5 cm³/mol. The van der Waals surface area contributed by atoms with E-state index in [-0.39, 0.29) is 0 Å². The van der Waals surface area contributed by atoms with Crippen LogP contribution in [-0.2, 0) is 0 Å². The van der Waals surface area contributed by atoms with Gasteiger partial charge < -0.3 is 9.80 Å².